The fourth-order valence-corrected chi connectivity index (χ4v) is 1.50. The Balaban J connectivity index is 2.65. The summed E-state index contributed by atoms with van der Waals surface area (Å²) in [5.74, 6) is 0.815. The van der Waals surface area contributed by atoms with Crippen molar-refractivity contribution in [2.45, 2.75) is 20.4 Å². The molecular formula is C12H19N3. The number of hydrogen-bond donors (Lipinski definition) is 2. The maximum Gasteiger partial charge on any atom is 0.190 e. The van der Waals surface area contributed by atoms with Gasteiger partial charge in [-0.25, -0.2) is 0 Å². The second kappa shape index (κ2) is 5.39. The molecule has 0 heterocycles. The van der Waals surface area contributed by atoms with E-state index >= 15 is 0 Å². The van der Waals surface area contributed by atoms with Crippen LogP contribution in [0.1, 0.15) is 16.7 Å². The summed E-state index contributed by atoms with van der Waals surface area (Å²) in [6, 6.07) is 6.48. The Hall–Kier alpha value is -1.51. The van der Waals surface area contributed by atoms with Crippen LogP contribution in [-0.2, 0) is 6.54 Å². The van der Waals surface area contributed by atoms with Crippen LogP contribution in [0.4, 0.5) is 0 Å². The first-order valence-electron chi connectivity index (χ1n) is 5.12. The van der Waals surface area contributed by atoms with Gasteiger partial charge in [-0.3, -0.25) is 4.99 Å². The van der Waals surface area contributed by atoms with E-state index in [1.807, 2.05) is 7.05 Å². The van der Waals surface area contributed by atoms with Crippen LogP contribution in [0.2, 0.25) is 0 Å². The third-order valence-electron chi connectivity index (χ3n) is 2.40. The van der Waals surface area contributed by atoms with Crippen LogP contribution in [0.3, 0.4) is 0 Å². The van der Waals surface area contributed by atoms with E-state index in [1.165, 1.54) is 16.7 Å². The molecule has 0 bridgehead atoms. The van der Waals surface area contributed by atoms with Crippen LogP contribution in [-0.4, -0.2) is 20.1 Å². The number of aliphatic imine (C=N–C) groups is 1. The average molecular weight is 205 g/mol. The first-order chi connectivity index (χ1) is 7.17. The van der Waals surface area contributed by atoms with E-state index in [1.54, 1.807) is 7.05 Å². The molecule has 1 aromatic carbocycles. The molecule has 2 N–H and O–H groups in total. The summed E-state index contributed by atoms with van der Waals surface area (Å²) in [5.41, 5.74) is 3.92. The fraction of sp³-hybridized carbons (Fsp3) is 0.417. The molecule has 0 saturated carbocycles. The molecule has 3 heteroatoms. The zero-order chi connectivity index (χ0) is 11.3. The van der Waals surface area contributed by atoms with Gasteiger partial charge >= 0.3 is 0 Å². The van der Waals surface area contributed by atoms with Crippen molar-refractivity contribution in [2.75, 3.05) is 14.1 Å². The van der Waals surface area contributed by atoms with Crippen LogP contribution in [0.25, 0.3) is 0 Å². The van der Waals surface area contributed by atoms with Crippen LogP contribution in [0.15, 0.2) is 23.2 Å². The molecule has 0 aliphatic carbocycles. The SMILES string of the molecule is CN=C(NC)NCc1ccc(C)cc1C. The highest BCUT2D eigenvalue weighted by Crippen LogP contribution is 2.09. The number of benzene rings is 1. The van der Waals surface area contributed by atoms with Crippen molar-refractivity contribution in [1.82, 2.24) is 10.6 Å². The molecule has 82 valence electrons. The lowest BCUT2D eigenvalue weighted by Crippen LogP contribution is -2.34. The minimum absolute atomic E-state index is 0.805. The van der Waals surface area contributed by atoms with E-state index in [9.17, 15) is 0 Å². The summed E-state index contributed by atoms with van der Waals surface area (Å²) in [4.78, 5) is 4.06. The predicted molar refractivity (Wildman–Crippen MR) is 65.2 cm³/mol. The number of nitrogens with one attached hydrogen (secondary N) is 2. The molecule has 0 aromatic heterocycles. The Morgan fingerprint density at radius 2 is 2.07 bits per heavy atom. The maximum absolute atomic E-state index is 4.06. The van der Waals surface area contributed by atoms with Gasteiger partial charge in [-0.15, -0.1) is 0 Å². The zero-order valence-electron chi connectivity index (χ0n) is 9.89. The topological polar surface area (TPSA) is 36.4 Å². The van der Waals surface area contributed by atoms with Crippen molar-refractivity contribution in [3.63, 3.8) is 0 Å². The predicted octanol–water partition coefficient (Wildman–Crippen LogP) is 1.60. The van der Waals surface area contributed by atoms with Gasteiger partial charge in [0.05, 0.1) is 0 Å². The van der Waals surface area contributed by atoms with Gasteiger partial charge in [0.1, 0.15) is 0 Å². The number of nitrogens with zero attached hydrogens (tertiary/aromatic N) is 1. The quantitative estimate of drug-likeness (QED) is 0.568. The lowest BCUT2D eigenvalue weighted by atomic mass is 10.1. The molecule has 3 nitrogen and oxygen atoms in total. The summed E-state index contributed by atoms with van der Waals surface area (Å²) >= 11 is 0. The Morgan fingerprint density at radius 1 is 1.33 bits per heavy atom. The molecule has 0 aliphatic rings. The summed E-state index contributed by atoms with van der Waals surface area (Å²) in [7, 11) is 3.62. The lowest BCUT2D eigenvalue weighted by Gasteiger charge is -2.10. The Bertz CT molecular complexity index is 356. The van der Waals surface area contributed by atoms with Crippen molar-refractivity contribution in [2.24, 2.45) is 4.99 Å². The highest BCUT2D eigenvalue weighted by molar-refractivity contribution is 5.79. The van der Waals surface area contributed by atoms with Crippen LogP contribution in [0, 0.1) is 13.8 Å². The largest absolute Gasteiger partial charge is 0.359 e. The number of hydrogen-bond acceptors (Lipinski definition) is 1. The van der Waals surface area contributed by atoms with Crippen LogP contribution in [0.5, 0.6) is 0 Å². The minimum atomic E-state index is 0.805. The third kappa shape index (κ3) is 3.27. The number of rotatable bonds is 2. The standard InChI is InChI=1S/C12H19N3/c1-9-5-6-11(10(2)7-9)8-15-12(13-3)14-4/h5-7H,8H2,1-4H3,(H2,13,14,15). The molecule has 1 aromatic rings. The average Bonchev–Trinajstić information content (AvgIpc) is 2.22. The van der Waals surface area contributed by atoms with Crippen molar-refractivity contribution >= 4 is 5.96 Å². The van der Waals surface area contributed by atoms with Crippen LogP contribution < -0.4 is 10.6 Å². The first kappa shape index (κ1) is 11.6. The van der Waals surface area contributed by atoms with Crippen molar-refractivity contribution in [3.8, 4) is 0 Å². The molecule has 0 amide bonds. The molecule has 0 aliphatic heterocycles. The Labute approximate surface area is 91.6 Å². The van der Waals surface area contributed by atoms with E-state index in [2.05, 4.69) is 47.7 Å². The monoisotopic (exact) mass is 205 g/mol. The molecule has 0 saturated heterocycles. The van der Waals surface area contributed by atoms with Gasteiger partial charge in [0.25, 0.3) is 0 Å². The van der Waals surface area contributed by atoms with Gasteiger partial charge < -0.3 is 10.6 Å². The Morgan fingerprint density at radius 3 is 2.60 bits per heavy atom. The molecule has 0 unspecified atom stereocenters. The molecule has 1 rings (SSSR count). The highest BCUT2D eigenvalue weighted by Gasteiger charge is 1.99. The molecule has 0 atom stereocenters. The normalized spacial score (nSPS) is 11.3. The molecule has 15 heavy (non-hydrogen) atoms. The fourth-order valence-electron chi connectivity index (χ4n) is 1.50. The number of aryl methyl sites for hydroxylation is 2. The maximum atomic E-state index is 4.06. The molecule has 0 spiro atoms. The second-order valence-electron chi connectivity index (χ2n) is 3.61. The minimum Gasteiger partial charge on any atom is -0.359 e. The van der Waals surface area contributed by atoms with E-state index in [4.69, 9.17) is 0 Å². The van der Waals surface area contributed by atoms with Gasteiger partial charge in [0.2, 0.25) is 0 Å². The second-order valence-corrected chi connectivity index (χ2v) is 3.61. The van der Waals surface area contributed by atoms with E-state index in [0.717, 1.165) is 12.5 Å². The van der Waals surface area contributed by atoms with Gasteiger partial charge in [0, 0.05) is 20.6 Å². The van der Waals surface area contributed by atoms with Crippen LogP contribution >= 0.6 is 0 Å². The lowest BCUT2D eigenvalue weighted by molar-refractivity contribution is 0.859. The van der Waals surface area contributed by atoms with Gasteiger partial charge in [-0.05, 0) is 25.0 Å². The van der Waals surface area contributed by atoms with Gasteiger partial charge in [0.15, 0.2) is 5.96 Å². The van der Waals surface area contributed by atoms with Crippen molar-refractivity contribution in [3.05, 3.63) is 34.9 Å². The van der Waals surface area contributed by atoms with Gasteiger partial charge in [-0.2, -0.15) is 0 Å². The van der Waals surface area contributed by atoms with E-state index in [-0.39, 0.29) is 0 Å². The zero-order valence-corrected chi connectivity index (χ0v) is 9.89. The summed E-state index contributed by atoms with van der Waals surface area (Å²) in [6.07, 6.45) is 0. The summed E-state index contributed by atoms with van der Waals surface area (Å²) in [6.45, 7) is 5.04. The van der Waals surface area contributed by atoms with E-state index in [0.29, 0.717) is 0 Å². The number of guanidine groups is 1. The summed E-state index contributed by atoms with van der Waals surface area (Å²) in [5, 5.41) is 6.23. The Kier molecular flexibility index (Phi) is 4.16. The smallest absolute Gasteiger partial charge is 0.190 e. The van der Waals surface area contributed by atoms with Crippen molar-refractivity contribution in [1.29, 1.82) is 0 Å². The van der Waals surface area contributed by atoms with E-state index < -0.39 is 0 Å². The van der Waals surface area contributed by atoms with Gasteiger partial charge in [-0.1, -0.05) is 23.8 Å². The highest BCUT2D eigenvalue weighted by atomic mass is 15.1. The molecule has 0 fully saturated rings. The molecule has 0 radical (unpaired) electrons. The first-order valence-corrected chi connectivity index (χ1v) is 5.12. The van der Waals surface area contributed by atoms with Crippen molar-refractivity contribution < 1.29 is 0 Å². The third-order valence-corrected chi connectivity index (χ3v) is 2.40. The summed E-state index contributed by atoms with van der Waals surface area (Å²) < 4.78 is 0. The molecular weight excluding hydrogens is 186 g/mol.